The van der Waals surface area contributed by atoms with Gasteiger partial charge < -0.3 is 5.32 Å². The van der Waals surface area contributed by atoms with E-state index < -0.39 is 34.5 Å². The Kier molecular flexibility index (Phi) is 3.47. The zero-order valence-electron chi connectivity index (χ0n) is 9.97. The SMILES string of the molecule is N#CC1(C(=O)Nc2cc(F)c(F)cc2F)CCCC1. The van der Waals surface area contributed by atoms with Crippen LogP contribution in [0.5, 0.6) is 0 Å². The lowest BCUT2D eigenvalue weighted by molar-refractivity contribution is -0.122. The molecule has 2 rings (SSSR count). The van der Waals surface area contributed by atoms with Crippen molar-refractivity contribution < 1.29 is 18.0 Å². The van der Waals surface area contributed by atoms with Crippen molar-refractivity contribution in [2.45, 2.75) is 25.7 Å². The van der Waals surface area contributed by atoms with Crippen LogP contribution in [0.15, 0.2) is 12.1 Å². The second-order valence-electron chi connectivity index (χ2n) is 4.60. The number of carbonyl (C=O) groups excluding carboxylic acids is 1. The van der Waals surface area contributed by atoms with E-state index in [1.165, 1.54) is 0 Å². The standard InChI is InChI=1S/C13H11F3N2O/c14-8-5-10(16)11(6-9(8)15)18-12(19)13(7-17)3-1-2-4-13/h5-6H,1-4H2,(H,18,19). The Labute approximate surface area is 108 Å². The van der Waals surface area contributed by atoms with Gasteiger partial charge in [0.25, 0.3) is 0 Å². The van der Waals surface area contributed by atoms with Gasteiger partial charge in [-0.15, -0.1) is 0 Å². The van der Waals surface area contributed by atoms with Crippen LogP contribution in [0.4, 0.5) is 18.9 Å². The Bertz CT molecular complexity index is 560. The molecular weight excluding hydrogens is 257 g/mol. The van der Waals surface area contributed by atoms with Gasteiger partial charge in [-0.1, -0.05) is 12.8 Å². The molecule has 1 N–H and O–H groups in total. The van der Waals surface area contributed by atoms with E-state index in [4.69, 9.17) is 5.26 Å². The Balaban J connectivity index is 2.24. The van der Waals surface area contributed by atoms with Crippen LogP contribution in [0.2, 0.25) is 0 Å². The van der Waals surface area contributed by atoms with Gasteiger partial charge in [-0.3, -0.25) is 4.79 Å². The fraction of sp³-hybridized carbons (Fsp3) is 0.385. The average molecular weight is 268 g/mol. The minimum atomic E-state index is -1.33. The van der Waals surface area contributed by atoms with E-state index in [2.05, 4.69) is 5.32 Å². The molecule has 1 fully saturated rings. The number of benzene rings is 1. The highest BCUT2D eigenvalue weighted by Gasteiger charge is 2.41. The van der Waals surface area contributed by atoms with Gasteiger partial charge in [0, 0.05) is 12.1 Å². The first-order valence-electron chi connectivity index (χ1n) is 5.86. The van der Waals surface area contributed by atoms with Crippen LogP contribution in [-0.4, -0.2) is 5.91 Å². The van der Waals surface area contributed by atoms with Crippen LogP contribution in [0.3, 0.4) is 0 Å². The Morgan fingerprint density at radius 3 is 2.32 bits per heavy atom. The highest BCUT2D eigenvalue weighted by Crippen LogP contribution is 2.38. The van der Waals surface area contributed by atoms with Crippen LogP contribution in [0, 0.1) is 34.2 Å². The molecule has 0 bridgehead atoms. The van der Waals surface area contributed by atoms with Gasteiger partial charge in [-0.2, -0.15) is 5.26 Å². The molecule has 0 atom stereocenters. The van der Waals surface area contributed by atoms with Crippen LogP contribution >= 0.6 is 0 Å². The normalized spacial score (nSPS) is 16.9. The molecule has 1 aliphatic carbocycles. The van der Waals surface area contributed by atoms with Crippen LogP contribution in [-0.2, 0) is 4.79 Å². The van der Waals surface area contributed by atoms with E-state index in [-0.39, 0.29) is 0 Å². The third kappa shape index (κ3) is 2.41. The van der Waals surface area contributed by atoms with E-state index in [9.17, 15) is 18.0 Å². The lowest BCUT2D eigenvalue weighted by Gasteiger charge is -2.19. The maximum Gasteiger partial charge on any atom is 0.244 e. The predicted octanol–water partition coefficient (Wildman–Crippen LogP) is 3.13. The maximum absolute atomic E-state index is 13.4. The summed E-state index contributed by atoms with van der Waals surface area (Å²) >= 11 is 0. The van der Waals surface area contributed by atoms with Crippen molar-refractivity contribution in [3.8, 4) is 6.07 Å². The summed E-state index contributed by atoms with van der Waals surface area (Å²) < 4.78 is 39.2. The van der Waals surface area contributed by atoms with Gasteiger partial charge in [-0.25, -0.2) is 13.2 Å². The van der Waals surface area contributed by atoms with Crippen molar-refractivity contribution >= 4 is 11.6 Å². The van der Waals surface area contributed by atoms with Crippen molar-refractivity contribution in [1.82, 2.24) is 0 Å². The number of nitrogens with zero attached hydrogens (tertiary/aromatic N) is 1. The van der Waals surface area contributed by atoms with E-state index in [0.717, 1.165) is 12.8 Å². The molecule has 19 heavy (non-hydrogen) atoms. The summed E-state index contributed by atoms with van der Waals surface area (Å²) in [5.41, 5.74) is -1.65. The molecule has 1 saturated carbocycles. The smallest absolute Gasteiger partial charge is 0.244 e. The topological polar surface area (TPSA) is 52.9 Å². The van der Waals surface area contributed by atoms with Gasteiger partial charge in [0.1, 0.15) is 11.2 Å². The number of rotatable bonds is 2. The first-order valence-corrected chi connectivity index (χ1v) is 5.86. The average Bonchev–Trinajstić information content (AvgIpc) is 2.86. The van der Waals surface area contributed by atoms with Crippen molar-refractivity contribution in [1.29, 1.82) is 5.26 Å². The molecule has 0 aliphatic heterocycles. The second kappa shape index (κ2) is 4.92. The monoisotopic (exact) mass is 268 g/mol. The van der Waals surface area contributed by atoms with Crippen molar-refractivity contribution in [2.24, 2.45) is 5.41 Å². The fourth-order valence-corrected chi connectivity index (χ4v) is 2.23. The summed E-state index contributed by atoms with van der Waals surface area (Å²) in [5.74, 6) is -4.32. The van der Waals surface area contributed by atoms with Gasteiger partial charge in [0.2, 0.25) is 5.91 Å². The van der Waals surface area contributed by atoms with Gasteiger partial charge in [-0.05, 0) is 12.8 Å². The number of amides is 1. The lowest BCUT2D eigenvalue weighted by Crippen LogP contribution is -2.32. The quantitative estimate of drug-likeness (QED) is 0.838. The third-order valence-electron chi connectivity index (χ3n) is 3.36. The molecule has 6 heteroatoms. The number of hydrogen-bond donors (Lipinski definition) is 1. The van der Waals surface area contributed by atoms with Crippen molar-refractivity contribution in [3.05, 3.63) is 29.6 Å². The summed E-state index contributed by atoms with van der Waals surface area (Å²) in [5, 5.41) is 11.3. The zero-order chi connectivity index (χ0) is 14.0. The van der Waals surface area contributed by atoms with E-state index in [0.29, 0.717) is 25.0 Å². The van der Waals surface area contributed by atoms with Crippen LogP contribution in [0.1, 0.15) is 25.7 Å². The number of anilines is 1. The summed E-state index contributed by atoms with van der Waals surface area (Å²) in [4.78, 5) is 12.0. The van der Waals surface area contributed by atoms with Crippen molar-refractivity contribution in [3.63, 3.8) is 0 Å². The number of nitrogens with one attached hydrogen (secondary N) is 1. The first-order chi connectivity index (χ1) is 8.98. The molecule has 0 aromatic heterocycles. The number of nitriles is 1. The third-order valence-corrected chi connectivity index (χ3v) is 3.36. The minimum absolute atomic E-state index is 0.360. The molecule has 0 saturated heterocycles. The zero-order valence-corrected chi connectivity index (χ0v) is 9.97. The Morgan fingerprint density at radius 2 is 1.74 bits per heavy atom. The molecule has 3 nitrogen and oxygen atoms in total. The fourth-order valence-electron chi connectivity index (χ4n) is 2.23. The highest BCUT2D eigenvalue weighted by molar-refractivity contribution is 5.97. The van der Waals surface area contributed by atoms with Gasteiger partial charge >= 0.3 is 0 Å². The van der Waals surface area contributed by atoms with Gasteiger partial charge in [0.05, 0.1) is 11.8 Å². The molecule has 100 valence electrons. The molecule has 1 amide bonds. The largest absolute Gasteiger partial charge is 0.322 e. The lowest BCUT2D eigenvalue weighted by atomic mass is 9.87. The number of halogens is 3. The summed E-state index contributed by atoms with van der Waals surface area (Å²) in [6.07, 6.45) is 2.25. The number of carbonyl (C=O) groups is 1. The summed E-state index contributed by atoms with van der Waals surface area (Å²) in [6.45, 7) is 0. The van der Waals surface area contributed by atoms with Gasteiger partial charge in [0.15, 0.2) is 11.6 Å². The second-order valence-corrected chi connectivity index (χ2v) is 4.60. The minimum Gasteiger partial charge on any atom is -0.322 e. The van der Waals surface area contributed by atoms with Crippen LogP contribution in [0.25, 0.3) is 0 Å². The van der Waals surface area contributed by atoms with Crippen molar-refractivity contribution in [2.75, 3.05) is 5.32 Å². The molecule has 0 heterocycles. The molecule has 0 unspecified atom stereocenters. The summed E-state index contributed by atoms with van der Waals surface area (Å²) in [6, 6.07) is 2.87. The molecule has 0 spiro atoms. The Hall–Kier alpha value is -2.03. The predicted molar refractivity (Wildman–Crippen MR) is 61.5 cm³/mol. The highest BCUT2D eigenvalue weighted by atomic mass is 19.2. The maximum atomic E-state index is 13.4. The number of hydrogen-bond acceptors (Lipinski definition) is 2. The first kappa shape index (κ1) is 13.4. The molecule has 1 aromatic carbocycles. The van der Waals surface area contributed by atoms with E-state index in [1.807, 2.05) is 6.07 Å². The van der Waals surface area contributed by atoms with E-state index in [1.54, 1.807) is 0 Å². The molecule has 0 radical (unpaired) electrons. The summed E-state index contributed by atoms with van der Waals surface area (Å²) in [7, 11) is 0. The molecule has 1 aromatic rings. The Morgan fingerprint density at radius 1 is 1.16 bits per heavy atom. The molecular formula is C13H11F3N2O. The van der Waals surface area contributed by atoms with E-state index >= 15 is 0 Å². The molecule has 1 aliphatic rings. The van der Waals surface area contributed by atoms with Crippen LogP contribution < -0.4 is 5.32 Å².